The van der Waals surface area contributed by atoms with Crippen LogP contribution in [0.3, 0.4) is 0 Å². The van der Waals surface area contributed by atoms with E-state index in [2.05, 4.69) is 25.0 Å². The van der Waals surface area contributed by atoms with Crippen molar-refractivity contribution in [1.29, 1.82) is 0 Å². The van der Waals surface area contributed by atoms with Crippen LogP contribution in [0.1, 0.15) is 31.3 Å². The van der Waals surface area contributed by atoms with Crippen LogP contribution in [0.15, 0.2) is 10.9 Å². The molecule has 0 unspecified atom stereocenters. The Bertz CT molecular complexity index is 432. The van der Waals surface area contributed by atoms with Crippen LogP contribution in [0.2, 0.25) is 0 Å². The molecule has 2 heterocycles. The first kappa shape index (κ1) is 9.63. The van der Waals surface area contributed by atoms with Crippen molar-refractivity contribution >= 4 is 5.82 Å². The van der Waals surface area contributed by atoms with Gasteiger partial charge < -0.3 is 10.3 Å². The highest BCUT2D eigenvalue weighted by Gasteiger charge is 2.14. The van der Waals surface area contributed by atoms with E-state index in [9.17, 15) is 0 Å². The van der Waals surface area contributed by atoms with Gasteiger partial charge in [-0.2, -0.15) is 4.98 Å². The van der Waals surface area contributed by atoms with Gasteiger partial charge in [-0.15, -0.1) is 5.10 Å². The fourth-order valence-electron chi connectivity index (χ4n) is 1.44. The molecule has 2 aromatic heterocycles. The van der Waals surface area contributed by atoms with Crippen molar-refractivity contribution in [2.24, 2.45) is 0 Å². The number of anilines is 1. The molecule has 0 aromatic carbocycles. The van der Waals surface area contributed by atoms with Crippen LogP contribution in [0, 0.1) is 0 Å². The molecule has 80 valence electrons. The van der Waals surface area contributed by atoms with Crippen LogP contribution in [0.4, 0.5) is 5.82 Å². The first-order chi connectivity index (χ1) is 7.18. The number of nitrogen functional groups attached to an aromatic ring is 1. The SMILES string of the molecule is CC(C)c1c(N)nnn1Cc1ncon1. The summed E-state index contributed by atoms with van der Waals surface area (Å²) >= 11 is 0. The summed E-state index contributed by atoms with van der Waals surface area (Å²) in [5.74, 6) is 1.27. The van der Waals surface area contributed by atoms with Crippen molar-refractivity contribution < 1.29 is 4.52 Å². The third-order valence-electron chi connectivity index (χ3n) is 2.05. The fraction of sp³-hybridized carbons (Fsp3) is 0.500. The van der Waals surface area contributed by atoms with Crippen molar-refractivity contribution in [2.75, 3.05) is 5.73 Å². The number of hydrogen-bond acceptors (Lipinski definition) is 6. The third kappa shape index (κ3) is 1.80. The number of rotatable bonds is 3. The molecule has 2 aromatic rings. The Labute approximate surface area is 86.3 Å². The second kappa shape index (κ2) is 3.68. The molecule has 2 N–H and O–H groups in total. The van der Waals surface area contributed by atoms with Crippen LogP contribution < -0.4 is 5.73 Å². The van der Waals surface area contributed by atoms with E-state index in [0.29, 0.717) is 18.2 Å². The summed E-state index contributed by atoms with van der Waals surface area (Å²) in [5.41, 5.74) is 6.60. The molecular formula is C8H12N6O. The largest absolute Gasteiger partial charge is 0.381 e. The van der Waals surface area contributed by atoms with Crippen molar-refractivity contribution in [3.8, 4) is 0 Å². The highest BCUT2D eigenvalue weighted by molar-refractivity contribution is 5.35. The Morgan fingerprint density at radius 3 is 2.93 bits per heavy atom. The molecule has 0 aliphatic carbocycles. The van der Waals surface area contributed by atoms with Crippen LogP contribution in [0.5, 0.6) is 0 Å². The quantitative estimate of drug-likeness (QED) is 0.785. The van der Waals surface area contributed by atoms with Gasteiger partial charge in [-0.1, -0.05) is 24.2 Å². The number of aromatic nitrogens is 5. The first-order valence-electron chi connectivity index (χ1n) is 4.62. The van der Waals surface area contributed by atoms with E-state index in [-0.39, 0.29) is 5.92 Å². The summed E-state index contributed by atoms with van der Waals surface area (Å²) in [5, 5.41) is 11.5. The van der Waals surface area contributed by atoms with Crippen LogP contribution in [-0.4, -0.2) is 25.1 Å². The topological polar surface area (TPSA) is 95.7 Å². The summed E-state index contributed by atoms with van der Waals surface area (Å²) in [4.78, 5) is 3.91. The predicted molar refractivity (Wildman–Crippen MR) is 51.9 cm³/mol. The standard InChI is InChI=1S/C8H12N6O/c1-5(2)7-8(9)11-13-14(7)3-6-10-4-15-12-6/h4-5H,3,9H2,1-2H3. The Hall–Kier alpha value is -1.92. The molecule has 0 aliphatic heterocycles. The minimum Gasteiger partial charge on any atom is -0.381 e. The molecule has 0 amide bonds. The smallest absolute Gasteiger partial charge is 0.213 e. The summed E-state index contributed by atoms with van der Waals surface area (Å²) in [6, 6.07) is 0. The van der Waals surface area contributed by atoms with Gasteiger partial charge in [0.1, 0.15) is 6.54 Å². The molecule has 7 heteroatoms. The van der Waals surface area contributed by atoms with Gasteiger partial charge in [0.15, 0.2) is 11.6 Å². The average Bonchev–Trinajstić information content (AvgIpc) is 2.76. The molecule has 0 saturated carbocycles. The van der Waals surface area contributed by atoms with Gasteiger partial charge in [0.2, 0.25) is 6.39 Å². The monoisotopic (exact) mass is 208 g/mol. The fourth-order valence-corrected chi connectivity index (χ4v) is 1.44. The van der Waals surface area contributed by atoms with Gasteiger partial charge in [-0.3, -0.25) is 0 Å². The second-order valence-electron chi connectivity index (χ2n) is 3.52. The summed E-state index contributed by atoms with van der Waals surface area (Å²) in [7, 11) is 0. The second-order valence-corrected chi connectivity index (χ2v) is 3.52. The molecule has 0 bridgehead atoms. The van der Waals surface area contributed by atoms with E-state index in [1.165, 1.54) is 6.39 Å². The maximum Gasteiger partial charge on any atom is 0.213 e. The zero-order valence-electron chi connectivity index (χ0n) is 8.58. The van der Waals surface area contributed by atoms with E-state index in [1.54, 1.807) is 4.68 Å². The molecule has 7 nitrogen and oxygen atoms in total. The average molecular weight is 208 g/mol. The lowest BCUT2D eigenvalue weighted by atomic mass is 10.1. The van der Waals surface area contributed by atoms with Crippen LogP contribution >= 0.6 is 0 Å². The van der Waals surface area contributed by atoms with Crippen LogP contribution in [-0.2, 0) is 6.54 Å². The summed E-state index contributed by atoms with van der Waals surface area (Å²) in [6.07, 6.45) is 1.28. The van der Waals surface area contributed by atoms with Gasteiger partial charge in [0.05, 0.1) is 5.69 Å². The molecule has 15 heavy (non-hydrogen) atoms. The Balaban J connectivity index is 2.29. The highest BCUT2D eigenvalue weighted by Crippen LogP contribution is 2.19. The Morgan fingerprint density at radius 2 is 2.33 bits per heavy atom. The molecular weight excluding hydrogens is 196 g/mol. The van der Waals surface area contributed by atoms with Gasteiger partial charge in [0.25, 0.3) is 0 Å². The van der Waals surface area contributed by atoms with Gasteiger partial charge >= 0.3 is 0 Å². The van der Waals surface area contributed by atoms with E-state index in [1.807, 2.05) is 13.8 Å². The molecule has 0 spiro atoms. The maximum atomic E-state index is 5.71. The van der Waals surface area contributed by atoms with Crippen molar-refractivity contribution in [3.05, 3.63) is 17.9 Å². The minimum atomic E-state index is 0.256. The molecule has 0 atom stereocenters. The lowest BCUT2D eigenvalue weighted by Crippen LogP contribution is -2.09. The minimum absolute atomic E-state index is 0.256. The van der Waals surface area contributed by atoms with Crippen LogP contribution in [0.25, 0.3) is 0 Å². The maximum absolute atomic E-state index is 5.71. The third-order valence-corrected chi connectivity index (χ3v) is 2.05. The van der Waals surface area contributed by atoms with E-state index in [4.69, 9.17) is 5.73 Å². The Morgan fingerprint density at radius 1 is 1.53 bits per heavy atom. The predicted octanol–water partition coefficient (Wildman–Crippen LogP) is 0.415. The summed E-state index contributed by atoms with van der Waals surface area (Å²) in [6.45, 7) is 4.48. The molecule has 0 saturated heterocycles. The normalized spacial score (nSPS) is 11.1. The van der Waals surface area contributed by atoms with Crippen molar-refractivity contribution in [3.63, 3.8) is 0 Å². The van der Waals surface area contributed by atoms with Gasteiger partial charge in [-0.05, 0) is 5.92 Å². The van der Waals surface area contributed by atoms with Crippen molar-refractivity contribution in [2.45, 2.75) is 26.3 Å². The molecule has 0 fully saturated rings. The molecule has 0 radical (unpaired) electrons. The number of nitrogens with zero attached hydrogens (tertiary/aromatic N) is 5. The van der Waals surface area contributed by atoms with Gasteiger partial charge in [0, 0.05) is 0 Å². The van der Waals surface area contributed by atoms with Crippen molar-refractivity contribution in [1.82, 2.24) is 25.1 Å². The summed E-state index contributed by atoms with van der Waals surface area (Å²) < 4.78 is 6.33. The number of nitrogens with two attached hydrogens (primary N) is 1. The lowest BCUT2D eigenvalue weighted by molar-refractivity contribution is 0.405. The zero-order chi connectivity index (χ0) is 10.8. The first-order valence-corrected chi connectivity index (χ1v) is 4.62. The zero-order valence-corrected chi connectivity index (χ0v) is 8.58. The molecule has 2 rings (SSSR count). The van der Waals surface area contributed by atoms with E-state index >= 15 is 0 Å². The van der Waals surface area contributed by atoms with E-state index < -0.39 is 0 Å². The van der Waals surface area contributed by atoms with E-state index in [0.717, 1.165) is 5.69 Å². The number of hydrogen-bond donors (Lipinski definition) is 1. The Kier molecular flexibility index (Phi) is 2.36. The highest BCUT2D eigenvalue weighted by atomic mass is 16.5. The lowest BCUT2D eigenvalue weighted by Gasteiger charge is -2.07. The molecule has 0 aliphatic rings. The van der Waals surface area contributed by atoms with Gasteiger partial charge in [-0.25, -0.2) is 4.68 Å².